The summed E-state index contributed by atoms with van der Waals surface area (Å²) >= 11 is 0. The molecule has 0 aliphatic heterocycles. The molecule has 166 valence electrons. The molecule has 0 heterocycles. The van der Waals surface area contributed by atoms with Crippen molar-refractivity contribution in [2.75, 3.05) is 20.2 Å². The van der Waals surface area contributed by atoms with Gasteiger partial charge in [-0.25, -0.2) is 19.2 Å². The minimum Gasteiger partial charge on any atom is -0.453 e. The Labute approximate surface area is 172 Å². The first kappa shape index (κ1) is 26.4. The fourth-order valence-corrected chi connectivity index (χ4v) is 2.51. The van der Waals surface area contributed by atoms with Gasteiger partial charge in [-0.1, -0.05) is 44.6 Å². The number of hydrogen-bond acceptors (Lipinski definition) is 7. The molecular weight excluding hydrogens is 380 g/mol. The summed E-state index contributed by atoms with van der Waals surface area (Å²) in [6.45, 7) is 4.80. The summed E-state index contributed by atoms with van der Waals surface area (Å²) in [7, 11) is 1.31. The van der Waals surface area contributed by atoms with Crippen LogP contribution in [0.2, 0.25) is 0 Å². The molecule has 0 rings (SSSR count). The zero-order valence-electron chi connectivity index (χ0n) is 17.7. The lowest BCUT2D eigenvalue weighted by Gasteiger charge is -2.19. The molecule has 0 saturated heterocycles. The molecule has 4 amide bonds. The van der Waals surface area contributed by atoms with E-state index in [1.807, 2.05) is 6.92 Å². The van der Waals surface area contributed by atoms with Crippen LogP contribution in [0.1, 0.15) is 71.6 Å². The van der Waals surface area contributed by atoms with E-state index >= 15 is 0 Å². The van der Waals surface area contributed by atoms with Crippen molar-refractivity contribution < 1.29 is 28.7 Å². The topological polar surface area (TPSA) is 126 Å². The number of methoxy groups -OCH3 is 1. The van der Waals surface area contributed by atoms with Gasteiger partial charge in [-0.3, -0.25) is 0 Å². The van der Waals surface area contributed by atoms with Gasteiger partial charge in [0, 0.05) is 13.1 Å². The number of hydrogen-bond donors (Lipinski definition) is 2. The third kappa shape index (κ3) is 13.2. The van der Waals surface area contributed by atoms with Crippen molar-refractivity contribution in [3.05, 3.63) is 0 Å². The highest BCUT2D eigenvalue weighted by Crippen LogP contribution is 2.12. The van der Waals surface area contributed by atoms with Crippen molar-refractivity contribution in [1.82, 2.24) is 15.6 Å². The SMILES string of the molecule is CCCCCC(CC)OC(=O)N(N=C=O)C(=O)NCCCCCCNC(=O)OC. The number of carbonyl (C=O) groups excluding carboxylic acids is 4. The Balaban J connectivity index is 4.23. The standard InChI is InChI=1S/C19H34N4O6/c1-4-6-9-12-16(5-2)29-19(27)23(22-15-24)17(25)20-13-10-7-8-11-14-21-18(26)28-3/h16H,4-14H2,1-3H3,(H,20,25)(H,21,26). The Hall–Kier alpha value is -2.61. The minimum atomic E-state index is -0.983. The first-order valence-corrected chi connectivity index (χ1v) is 10.2. The summed E-state index contributed by atoms with van der Waals surface area (Å²) in [5.74, 6) is 0. The van der Waals surface area contributed by atoms with Crippen LogP contribution in [0.15, 0.2) is 5.10 Å². The number of hydrazone groups is 1. The van der Waals surface area contributed by atoms with E-state index in [0.717, 1.165) is 38.5 Å². The summed E-state index contributed by atoms with van der Waals surface area (Å²) in [5, 5.41) is 8.65. The molecule has 0 aliphatic rings. The first-order chi connectivity index (χ1) is 14.0. The molecule has 0 spiro atoms. The predicted molar refractivity (Wildman–Crippen MR) is 107 cm³/mol. The Bertz CT molecular complexity index is 537. The van der Waals surface area contributed by atoms with Gasteiger partial charge < -0.3 is 20.1 Å². The number of nitrogens with zero attached hydrogens (tertiary/aromatic N) is 2. The van der Waals surface area contributed by atoms with Crippen molar-refractivity contribution in [3.63, 3.8) is 0 Å². The minimum absolute atomic E-state index is 0.315. The molecule has 0 fully saturated rings. The molecule has 0 saturated carbocycles. The first-order valence-electron chi connectivity index (χ1n) is 10.2. The average molecular weight is 415 g/mol. The number of nitrogens with one attached hydrogen (secondary N) is 2. The van der Waals surface area contributed by atoms with Crippen LogP contribution < -0.4 is 10.6 Å². The molecule has 0 bridgehead atoms. The Morgan fingerprint density at radius 2 is 1.66 bits per heavy atom. The molecule has 0 aromatic heterocycles. The molecule has 1 atom stereocenters. The van der Waals surface area contributed by atoms with Crippen molar-refractivity contribution >= 4 is 24.3 Å². The second-order valence-corrected chi connectivity index (χ2v) is 6.48. The number of rotatable bonds is 14. The lowest BCUT2D eigenvalue weighted by atomic mass is 10.1. The number of urea groups is 1. The van der Waals surface area contributed by atoms with Crippen molar-refractivity contribution in [2.45, 2.75) is 77.7 Å². The van der Waals surface area contributed by atoms with E-state index in [4.69, 9.17) is 4.74 Å². The molecule has 10 nitrogen and oxygen atoms in total. The average Bonchev–Trinajstić information content (AvgIpc) is 2.72. The summed E-state index contributed by atoms with van der Waals surface area (Å²) in [6, 6.07) is -0.825. The van der Waals surface area contributed by atoms with Gasteiger partial charge in [-0.05, 0) is 32.1 Å². The van der Waals surface area contributed by atoms with Crippen LogP contribution in [-0.2, 0) is 14.3 Å². The van der Waals surface area contributed by atoms with Gasteiger partial charge >= 0.3 is 18.2 Å². The summed E-state index contributed by atoms with van der Waals surface area (Å²) in [5.41, 5.74) is 0. The Kier molecular flexibility index (Phi) is 15.9. The number of unbranched alkanes of at least 4 members (excludes halogenated alkanes) is 5. The maximum absolute atomic E-state index is 12.2. The van der Waals surface area contributed by atoms with E-state index in [1.165, 1.54) is 13.2 Å². The van der Waals surface area contributed by atoms with Crippen molar-refractivity contribution in [1.29, 1.82) is 0 Å². The van der Waals surface area contributed by atoms with Gasteiger partial charge in [0.25, 0.3) is 6.08 Å². The lowest BCUT2D eigenvalue weighted by Crippen LogP contribution is -2.42. The van der Waals surface area contributed by atoms with E-state index in [1.54, 1.807) is 0 Å². The zero-order chi connectivity index (χ0) is 21.9. The van der Waals surface area contributed by atoms with Crippen LogP contribution in [-0.4, -0.2) is 55.6 Å². The van der Waals surface area contributed by atoms with Gasteiger partial charge in [0.15, 0.2) is 0 Å². The number of amides is 4. The van der Waals surface area contributed by atoms with Gasteiger partial charge in [-0.2, -0.15) is 0 Å². The van der Waals surface area contributed by atoms with E-state index in [0.29, 0.717) is 37.4 Å². The van der Waals surface area contributed by atoms with Gasteiger partial charge in [0.05, 0.1) is 7.11 Å². The predicted octanol–water partition coefficient (Wildman–Crippen LogP) is 3.66. The molecule has 0 radical (unpaired) electrons. The fourth-order valence-electron chi connectivity index (χ4n) is 2.51. The molecule has 0 aliphatic carbocycles. The van der Waals surface area contributed by atoms with Crippen LogP contribution in [0.5, 0.6) is 0 Å². The highest BCUT2D eigenvalue weighted by atomic mass is 16.6. The van der Waals surface area contributed by atoms with E-state index in [9.17, 15) is 19.2 Å². The van der Waals surface area contributed by atoms with Gasteiger partial charge in [-0.15, -0.1) is 5.01 Å². The van der Waals surface area contributed by atoms with Crippen LogP contribution in [0, 0.1) is 0 Å². The van der Waals surface area contributed by atoms with E-state index in [-0.39, 0.29) is 6.10 Å². The number of carbonyl (C=O) groups is 3. The zero-order valence-corrected chi connectivity index (χ0v) is 17.7. The number of ether oxygens (including phenoxy) is 2. The van der Waals surface area contributed by atoms with Crippen LogP contribution in [0.4, 0.5) is 14.4 Å². The van der Waals surface area contributed by atoms with Crippen LogP contribution >= 0.6 is 0 Å². The van der Waals surface area contributed by atoms with Crippen molar-refractivity contribution in [2.24, 2.45) is 5.10 Å². The Morgan fingerprint density at radius 3 is 2.21 bits per heavy atom. The fraction of sp³-hybridized carbons (Fsp3) is 0.789. The summed E-state index contributed by atoms with van der Waals surface area (Å²) in [6.07, 6.45) is 6.87. The van der Waals surface area contributed by atoms with Gasteiger partial charge in [0.1, 0.15) is 6.10 Å². The third-order valence-electron chi connectivity index (χ3n) is 4.19. The van der Waals surface area contributed by atoms with E-state index in [2.05, 4.69) is 27.4 Å². The molecule has 10 heteroatoms. The largest absolute Gasteiger partial charge is 0.453 e. The second kappa shape index (κ2) is 17.5. The highest BCUT2D eigenvalue weighted by Gasteiger charge is 2.25. The number of isocyanates is 1. The molecule has 0 aromatic carbocycles. The lowest BCUT2D eigenvalue weighted by molar-refractivity contribution is 0.0639. The van der Waals surface area contributed by atoms with Gasteiger partial charge in [0.2, 0.25) is 0 Å². The van der Waals surface area contributed by atoms with Crippen LogP contribution in [0.25, 0.3) is 0 Å². The monoisotopic (exact) mass is 414 g/mol. The smallest absolute Gasteiger partial charge is 0.440 e. The number of imide groups is 1. The Morgan fingerprint density at radius 1 is 1.00 bits per heavy atom. The molecular formula is C19H34N4O6. The quantitative estimate of drug-likeness (QED) is 0.193. The third-order valence-corrected chi connectivity index (χ3v) is 4.19. The highest BCUT2D eigenvalue weighted by molar-refractivity contribution is 5.90. The maximum Gasteiger partial charge on any atom is 0.440 e. The summed E-state index contributed by atoms with van der Waals surface area (Å²) < 4.78 is 9.75. The van der Waals surface area contributed by atoms with Crippen LogP contribution in [0.3, 0.4) is 0 Å². The molecule has 1 unspecified atom stereocenters. The number of alkyl carbamates (subject to hydrolysis) is 1. The molecule has 2 N–H and O–H groups in total. The second-order valence-electron chi connectivity index (χ2n) is 6.48. The van der Waals surface area contributed by atoms with Crippen molar-refractivity contribution in [3.8, 4) is 0 Å². The van der Waals surface area contributed by atoms with E-state index < -0.39 is 18.2 Å². The molecule has 0 aromatic rings. The maximum atomic E-state index is 12.2. The summed E-state index contributed by atoms with van der Waals surface area (Å²) in [4.78, 5) is 45.8. The normalized spacial score (nSPS) is 11.0. The molecule has 29 heavy (non-hydrogen) atoms.